The zero-order chi connectivity index (χ0) is 26.4. The topological polar surface area (TPSA) is 99.3 Å². The first-order chi connectivity index (χ1) is 17.8. The average molecular weight is 574 g/mol. The Labute approximate surface area is 241 Å². The lowest BCUT2D eigenvalue weighted by atomic mass is 10.2. The van der Waals surface area contributed by atoms with Crippen molar-refractivity contribution in [3.63, 3.8) is 0 Å². The molecule has 0 radical (unpaired) electrons. The van der Waals surface area contributed by atoms with Gasteiger partial charge in [-0.3, -0.25) is 0 Å². The number of anilines is 2. The molecular formula is C25H34Cl2N12. The first kappa shape index (κ1) is 31.3. The Bertz CT molecular complexity index is 1230. The van der Waals surface area contributed by atoms with E-state index < -0.39 is 0 Å². The van der Waals surface area contributed by atoms with Crippen LogP contribution in [0.2, 0.25) is 0 Å². The molecule has 4 aromatic rings. The number of azo groups is 2. The summed E-state index contributed by atoms with van der Waals surface area (Å²) in [4.78, 5) is 4.50. The van der Waals surface area contributed by atoms with E-state index in [1.54, 1.807) is 22.0 Å². The Morgan fingerprint density at radius 2 is 1.00 bits per heavy atom. The molecule has 0 saturated heterocycles. The van der Waals surface area contributed by atoms with Crippen molar-refractivity contribution < 1.29 is 33.9 Å². The van der Waals surface area contributed by atoms with Crippen molar-refractivity contribution in [3.05, 3.63) is 61.2 Å². The first-order valence-electron chi connectivity index (χ1n) is 12.0. The minimum Gasteiger partial charge on any atom is -1.00 e. The SMILES string of the molecule is CN(CCCN(C)c1ccc(/N=N/c2n(C)nc[n+]2C)cc1)c1ccc(/N=N/c2n(C)nc[n+]2C)cc1.[Cl-].[Cl-]. The second kappa shape index (κ2) is 14.3. The molecule has 2 heterocycles. The maximum atomic E-state index is 4.33. The second-order valence-electron chi connectivity index (χ2n) is 8.96. The van der Waals surface area contributed by atoms with Crippen molar-refractivity contribution in [1.82, 2.24) is 19.6 Å². The molecule has 0 aliphatic heterocycles. The largest absolute Gasteiger partial charge is 1.00 e. The van der Waals surface area contributed by atoms with E-state index >= 15 is 0 Å². The molecular weight excluding hydrogens is 539 g/mol. The number of benzene rings is 2. The van der Waals surface area contributed by atoms with E-state index in [4.69, 9.17) is 0 Å². The first-order valence-corrected chi connectivity index (χ1v) is 12.0. The minimum atomic E-state index is 0. The van der Waals surface area contributed by atoms with Crippen molar-refractivity contribution >= 4 is 34.6 Å². The molecule has 0 amide bonds. The van der Waals surface area contributed by atoms with Gasteiger partial charge in [0, 0.05) is 48.8 Å². The van der Waals surface area contributed by atoms with Gasteiger partial charge in [0.25, 0.3) is 0 Å². The third kappa shape index (κ3) is 8.04. The molecule has 39 heavy (non-hydrogen) atoms. The standard InChI is InChI=1S/C25H34N12.2ClH/c1-32(22-12-8-20(9-13-22)28-30-24-34(3)18-26-36(24)5)16-7-17-33(2)23-14-10-21(11-15-23)29-31-25-35(4)19-27-37(25)6;;/h8-15,18-19H,7,16-17H2,1-6H3;2*1H/q+2;;/p-2. The Hall–Kier alpha value is -3.90. The van der Waals surface area contributed by atoms with Crippen LogP contribution < -0.4 is 43.7 Å². The summed E-state index contributed by atoms with van der Waals surface area (Å²) in [5.74, 6) is 1.37. The van der Waals surface area contributed by atoms with Crippen molar-refractivity contribution in [3.8, 4) is 0 Å². The van der Waals surface area contributed by atoms with Crippen molar-refractivity contribution in [1.29, 1.82) is 0 Å². The number of hydrogen-bond donors (Lipinski definition) is 0. The van der Waals surface area contributed by atoms with E-state index in [9.17, 15) is 0 Å². The van der Waals surface area contributed by atoms with Crippen LogP contribution in [-0.2, 0) is 28.2 Å². The van der Waals surface area contributed by atoms with Gasteiger partial charge in [0.2, 0.25) is 12.7 Å². The summed E-state index contributed by atoms with van der Waals surface area (Å²) in [5.41, 5.74) is 3.89. The van der Waals surface area contributed by atoms with E-state index in [0.717, 1.165) is 42.3 Å². The fourth-order valence-electron chi connectivity index (χ4n) is 3.80. The van der Waals surface area contributed by atoms with Gasteiger partial charge in [-0.2, -0.15) is 0 Å². The Kier molecular flexibility index (Phi) is 11.5. The highest BCUT2D eigenvalue weighted by Crippen LogP contribution is 2.22. The van der Waals surface area contributed by atoms with Crippen molar-refractivity contribution in [2.24, 2.45) is 48.6 Å². The highest BCUT2D eigenvalue weighted by atomic mass is 35.5. The fourth-order valence-corrected chi connectivity index (χ4v) is 3.80. The third-order valence-electron chi connectivity index (χ3n) is 6.08. The Morgan fingerprint density at radius 1 is 0.641 bits per heavy atom. The number of aromatic nitrogens is 6. The van der Waals surface area contributed by atoms with Crippen LogP contribution >= 0.6 is 0 Å². The van der Waals surface area contributed by atoms with E-state index in [2.05, 4.69) is 78.8 Å². The van der Waals surface area contributed by atoms with E-state index in [1.165, 1.54) is 0 Å². The van der Waals surface area contributed by atoms with Crippen LogP contribution in [0.4, 0.5) is 34.6 Å². The summed E-state index contributed by atoms with van der Waals surface area (Å²) in [6.07, 6.45) is 4.43. The fraction of sp³-hybridized carbons (Fsp3) is 0.360. The quantitative estimate of drug-likeness (QED) is 0.156. The molecule has 4 rings (SSSR count). The molecule has 0 spiro atoms. The zero-order valence-corrected chi connectivity index (χ0v) is 24.5. The van der Waals surface area contributed by atoms with Crippen LogP contribution in [0.1, 0.15) is 6.42 Å². The summed E-state index contributed by atoms with van der Waals surface area (Å²) in [6, 6.07) is 16.2. The maximum Gasteiger partial charge on any atom is 0.403 e. The monoisotopic (exact) mass is 572 g/mol. The van der Waals surface area contributed by atoms with Crippen LogP contribution in [0.5, 0.6) is 0 Å². The Morgan fingerprint density at radius 3 is 1.31 bits per heavy atom. The van der Waals surface area contributed by atoms with E-state index in [1.807, 2.05) is 61.6 Å². The van der Waals surface area contributed by atoms with Gasteiger partial charge in [-0.15, -0.1) is 9.36 Å². The molecule has 12 nitrogen and oxygen atoms in total. The molecule has 0 aliphatic rings. The number of nitrogens with zero attached hydrogens (tertiary/aromatic N) is 12. The minimum absolute atomic E-state index is 0. The summed E-state index contributed by atoms with van der Waals surface area (Å²) in [5, 5.41) is 25.6. The van der Waals surface area contributed by atoms with Gasteiger partial charge in [0.05, 0.1) is 39.6 Å². The van der Waals surface area contributed by atoms with Crippen molar-refractivity contribution in [2.75, 3.05) is 37.0 Å². The molecule has 0 atom stereocenters. The average Bonchev–Trinajstić information content (AvgIpc) is 3.40. The Balaban J connectivity index is 0.00000267. The number of hydrogen-bond acceptors (Lipinski definition) is 8. The smallest absolute Gasteiger partial charge is 0.403 e. The summed E-state index contributed by atoms with van der Waals surface area (Å²) in [6.45, 7) is 1.87. The van der Waals surface area contributed by atoms with Crippen LogP contribution in [0.15, 0.2) is 81.6 Å². The van der Waals surface area contributed by atoms with E-state index in [-0.39, 0.29) is 24.8 Å². The lowest BCUT2D eigenvalue weighted by Gasteiger charge is -2.23. The van der Waals surface area contributed by atoms with Crippen LogP contribution in [0.3, 0.4) is 0 Å². The van der Waals surface area contributed by atoms with Gasteiger partial charge in [0.15, 0.2) is 0 Å². The highest BCUT2D eigenvalue weighted by molar-refractivity contribution is 5.53. The molecule has 0 aliphatic carbocycles. The zero-order valence-electron chi connectivity index (χ0n) is 23.0. The second-order valence-corrected chi connectivity index (χ2v) is 8.96. The van der Waals surface area contributed by atoms with Crippen molar-refractivity contribution in [2.45, 2.75) is 6.42 Å². The maximum absolute atomic E-state index is 4.33. The number of rotatable bonds is 10. The predicted molar refractivity (Wildman–Crippen MR) is 141 cm³/mol. The van der Waals surface area contributed by atoms with Gasteiger partial charge in [-0.05, 0) is 65.1 Å². The van der Waals surface area contributed by atoms with Crippen LogP contribution in [-0.4, -0.2) is 46.7 Å². The summed E-state index contributed by atoms with van der Waals surface area (Å²) in [7, 11) is 11.7. The third-order valence-corrected chi connectivity index (χ3v) is 6.08. The molecule has 208 valence electrons. The number of aryl methyl sites for hydroxylation is 4. The van der Waals surface area contributed by atoms with Gasteiger partial charge < -0.3 is 34.6 Å². The summed E-state index contributed by atoms with van der Waals surface area (Å²) >= 11 is 0. The van der Waals surface area contributed by atoms with Gasteiger partial charge in [0.1, 0.15) is 0 Å². The van der Waals surface area contributed by atoms with Gasteiger partial charge in [-0.1, -0.05) is 10.2 Å². The molecule has 0 N–H and O–H groups in total. The van der Waals surface area contributed by atoms with Gasteiger partial charge >= 0.3 is 11.9 Å². The van der Waals surface area contributed by atoms with Gasteiger partial charge in [-0.25, -0.2) is 9.13 Å². The molecule has 2 aromatic heterocycles. The predicted octanol–water partition coefficient (Wildman–Crippen LogP) is -2.40. The molecule has 0 bridgehead atoms. The molecule has 0 unspecified atom stereocenters. The molecule has 0 fully saturated rings. The lowest BCUT2D eigenvalue weighted by Crippen LogP contribution is -3.00. The van der Waals surface area contributed by atoms with Crippen LogP contribution in [0.25, 0.3) is 0 Å². The van der Waals surface area contributed by atoms with Crippen LogP contribution in [0, 0.1) is 0 Å². The lowest BCUT2D eigenvalue weighted by molar-refractivity contribution is -0.659. The molecule has 14 heteroatoms. The summed E-state index contributed by atoms with van der Waals surface area (Å²) < 4.78 is 7.02. The van der Waals surface area contributed by atoms with E-state index in [0.29, 0.717) is 11.9 Å². The number of halogens is 2. The normalized spacial score (nSPS) is 11.0. The molecule has 0 saturated carbocycles. The molecule has 2 aromatic carbocycles. The highest BCUT2D eigenvalue weighted by Gasteiger charge is 2.12.